The monoisotopic (exact) mass is 182 g/mol. The van der Waals surface area contributed by atoms with Gasteiger partial charge in [-0.25, -0.2) is 9.97 Å². The zero-order chi connectivity index (χ0) is 9.52. The zero-order valence-electron chi connectivity index (χ0n) is 7.40. The van der Waals surface area contributed by atoms with E-state index in [4.69, 9.17) is 10.8 Å². The second-order valence-electron chi connectivity index (χ2n) is 2.68. The molecule has 0 radical (unpaired) electrons. The van der Waals surface area contributed by atoms with Gasteiger partial charge in [-0.2, -0.15) is 0 Å². The average molecular weight is 182 g/mol. The molecule has 0 aliphatic heterocycles. The van der Waals surface area contributed by atoms with E-state index in [-0.39, 0.29) is 6.61 Å². The van der Waals surface area contributed by atoms with Crippen LogP contribution in [0, 0.1) is 0 Å². The Morgan fingerprint density at radius 1 is 1.46 bits per heavy atom. The standard InChI is InChI=1S/C8H14N4O/c9-7-5-10-6-12-8(7)11-3-1-2-4-13/h5-6,13H,1-4,9H2,(H,10,11,12). The van der Waals surface area contributed by atoms with E-state index in [1.165, 1.54) is 6.33 Å². The van der Waals surface area contributed by atoms with Crippen LogP contribution < -0.4 is 11.1 Å². The van der Waals surface area contributed by atoms with Crippen LogP contribution in [0.1, 0.15) is 12.8 Å². The van der Waals surface area contributed by atoms with Crippen LogP contribution in [0.5, 0.6) is 0 Å². The molecule has 13 heavy (non-hydrogen) atoms. The van der Waals surface area contributed by atoms with Gasteiger partial charge in [-0.3, -0.25) is 0 Å². The molecule has 0 aliphatic carbocycles. The molecule has 72 valence electrons. The van der Waals surface area contributed by atoms with Crippen molar-refractivity contribution < 1.29 is 5.11 Å². The Morgan fingerprint density at radius 3 is 3.00 bits per heavy atom. The molecular weight excluding hydrogens is 168 g/mol. The predicted octanol–water partition coefficient (Wildman–Crippen LogP) is 0.243. The van der Waals surface area contributed by atoms with Crippen LogP contribution in [0.4, 0.5) is 11.5 Å². The third kappa shape index (κ3) is 3.25. The van der Waals surface area contributed by atoms with Gasteiger partial charge in [0.1, 0.15) is 6.33 Å². The van der Waals surface area contributed by atoms with E-state index in [9.17, 15) is 0 Å². The van der Waals surface area contributed by atoms with E-state index in [0.29, 0.717) is 11.5 Å². The van der Waals surface area contributed by atoms with Crippen molar-refractivity contribution in [3.63, 3.8) is 0 Å². The fraction of sp³-hybridized carbons (Fsp3) is 0.500. The van der Waals surface area contributed by atoms with Crippen LogP contribution in [-0.4, -0.2) is 28.2 Å². The molecule has 0 atom stereocenters. The van der Waals surface area contributed by atoms with Crippen LogP contribution >= 0.6 is 0 Å². The molecule has 4 N–H and O–H groups in total. The molecule has 0 saturated heterocycles. The number of nitrogen functional groups attached to an aromatic ring is 1. The van der Waals surface area contributed by atoms with Crippen molar-refractivity contribution >= 4 is 11.5 Å². The molecule has 0 bridgehead atoms. The Balaban J connectivity index is 2.32. The number of aliphatic hydroxyl groups excluding tert-OH is 1. The van der Waals surface area contributed by atoms with Crippen LogP contribution in [-0.2, 0) is 0 Å². The quantitative estimate of drug-likeness (QED) is 0.568. The van der Waals surface area contributed by atoms with Crippen molar-refractivity contribution in [3.8, 4) is 0 Å². The minimum Gasteiger partial charge on any atom is -0.396 e. The lowest BCUT2D eigenvalue weighted by Crippen LogP contribution is -2.06. The third-order valence-corrected chi connectivity index (χ3v) is 1.62. The molecule has 0 amide bonds. The average Bonchev–Trinajstić information content (AvgIpc) is 2.15. The molecule has 0 spiro atoms. The van der Waals surface area contributed by atoms with Crippen molar-refractivity contribution in [2.45, 2.75) is 12.8 Å². The molecule has 1 aromatic heterocycles. The van der Waals surface area contributed by atoms with Crippen LogP contribution in [0.25, 0.3) is 0 Å². The zero-order valence-corrected chi connectivity index (χ0v) is 7.40. The fourth-order valence-electron chi connectivity index (χ4n) is 0.932. The molecule has 5 nitrogen and oxygen atoms in total. The Bertz CT molecular complexity index is 254. The summed E-state index contributed by atoms with van der Waals surface area (Å²) in [6.07, 6.45) is 4.70. The molecule has 0 aromatic carbocycles. The molecule has 0 fully saturated rings. The highest BCUT2D eigenvalue weighted by Crippen LogP contribution is 2.10. The summed E-state index contributed by atoms with van der Waals surface area (Å²) in [6.45, 7) is 0.989. The topological polar surface area (TPSA) is 84.1 Å². The summed E-state index contributed by atoms with van der Waals surface area (Å²) in [7, 11) is 0. The predicted molar refractivity (Wildman–Crippen MR) is 51.3 cm³/mol. The van der Waals surface area contributed by atoms with Gasteiger partial charge < -0.3 is 16.2 Å². The molecular formula is C8H14N4O. The summed E-state index contributed by atoms with van der Waals surface area (Å²) in [4.78, 5) is 7.74. The summed E-state index contributed by atoms with van der Waals surface area (Å²) >= 11 is 0. The highest BCUT2D eigenvalue weighted by molar-refractivity contribution is 5.58. The third-order valence-electron chi connectivity index (χ3n) is 1.62. The first-order valence-electron chi connectivity index (χ1n) is 4.25. The number of aromatic nitrogens is 2. The lowest BCUT2D eigenvalue weighted by Gasteiger charge is -2.05. The SMILES string of the molecule is Nc1cncnc1NCCCCO. The maximum Gasteiger partial charge on any atom is 0.152 e. The van der Waals surface area contributed by atoms with E-state index in [0.717, 1.165) is 19.4 Å². The summed E-state index contributed by atoms with van der Waals surface area (Å²) in [5.41, 5.74) is 6.15. The van der Waals surface area contributed by atoms with E-state index < -0.39 is 0 Å². The Hall–Kier alpha value is -1.36. The van der Waals surface area contributed by atoms with Gasteiger partial charge in [0.15, 0.2) is 5.82 Å². The van der Waals surface area contributed by atoms with Gasteiger partial charge in [0.05, 0.1) is 11.9 Å². The van der Waals surface area contributed by atoms with Gasteiger partial charge in [0.2, 0.25) is 0 Å². The number of nitrogens with zero attached hydrogens (tertiary/aromatic N) is 2. The summed E-state index contributed by atoms with van der Waals surface area (Å²) < 4.78 is 0. The van der Waals surface area contributed by atoms with E-state index >= 15 is 0 Å². The fourth-order valence-corrected chi connectivity index (χ4v) is 0.932. The number of nitrogens with one attached hydrogen (secondary N) is 1. The summed E-state index contributed by atoms with van der Waals surface area (Å²) in [5.74, 6) is 0.660. The molecule has 1 rings (SSSR count). The Morgan fingerprint density at radius 2 is 2.31 bits per heavy atom. The molecule has 1 aromatic rings. The number of rotatable bonds is 5. The van der Waals surface area contributed by atoms with Crippen molar-refractivity contribution in [2.24, 2.45) is 0 Å². The minimum absolute atomic E-state index is 0.223. The number of anilines is 2. The second kappa shape index (κ2) is 5.31. The number of hydrogen-bond donors (Lipinski definition) is 3. The number of hydrogen-bond acceptors (Lipinski definition) is 5. The van der Waals surface area contributed by atoms with Gasteiger partial charge in [-0.15, -0.1) is 0 Å². The summed E-state index contributed by atoms with van der Waals surface area (Å²) in [5, 5.41) is 11.6. The molecule has 0 unspecified atom stereocenters. The highest BCUT2D eigenvalue weighted by Gasteiger charge is 1.97. The first-order chi connectivity index (χ1) is 6.34. The van der Waals surface area contributed by atoms with Crippen molar-refractivity contribution in [2.75, 3.05) is 24.2 Å². The van der Waals surface area contributed by atoms with Crippen molar-refractivity contribution in [1.82, 2.24) is 9.97 Å². The second-order valence-corrected chi connectivity index (χ2v) is 2.68. The van der Waals surface area contributed by atoms with E-state index in [1.54, 1.807) is 6.20 Å². The van der Waals surface area contributed by atoms with Crippen LogP contribution in [0.2, 0.25) is 0 Å². The molecule has 0 aliphatic rings. The first-order valence-corrected chi connectivity index (χ1v) is 4.25. The summed E-state index contributed by atoms with van der Waals surface area (Å²) in [6, 6.07) is 0. The number of nitrogens with two attached hydrogens (primary N) is 1. The molecule has 0 saturated carbocycles. The largest absolute Gasteiger partial charge is 0.396 e. The maximum atomic E-state index is 8.54. The lowest BCUT2D eigenvalue weighted by molar-refractivity contribution is 0.286. The van der Waals surface area contributed by atoms with Crippen molar-refractivity contribution in [1.29, 1.82) is 0 Å². The normalized spacial score (nSPS) is 9.92. The lowest BCUT2D eigenvalue weighted by atomic mass is 10.3. The molecule has 1 heterocycles. The Kier molecular flexibility index (Phi) is 3.98. The van der Waals surface area contributed by atoms with E-state index in [1.807, 2.05) is 0 Å². The van der Waals surface area contributed by atoms with Gasteiger partial charge in [-0.1, -0.05) is 0 Å². The van der Waals surface area contributed by atoms with Crippen molar-refractivity contribution in [3.05, 3.63) is 12.5 Å². The maximum absolute atomic E-state index is 8.54. The van der Waals surface area contributed by atoms with Gasteiger partial charge in [-0.05, 0) is 12.8 Å². The van der Waals surface area contributed by atoms with E-state index in [2.05, 4.69) is 15.3 Å². The van der Waals surface area contributed by atoms with Gasteiger partial charge in [0.25, 0.3) is 0 Å². The Labute approximate surface area is 77.0 Å². The smallest absolute Gasteiger partial charge is 0.152 e. The van der Waals surface area contributed by atoms with Crippen LogP contribution in [0.15, 0.2) is 12.5 Å². The van der Waals surface area contributed by atoms with Gasteiger partial charge >= 0.3 is 0 Å². The van der Waals surface area contributed by atoms with Crippen LogP contribution in [0.3, 0.4) is 0 Å². The number of unbranched alkanes of at least 4 members (excludes halogenated alkanes) is 1. The molecule has 5 heteroatoms. The minimum atomic E-state index is 0.223. The first kappa shape index (κ1) is 9.73. The number of aliphatic hydroxyl groups is 1. The highest BCUT2D eigenvalue weighted by atomic mass is 16.2. The van der Waals surface area contributed by atoms with Gasteiger partial charge in [0, 0.05) is 13.2 Å².